The van der Waals surface area contributed by atoms with Gasteiger partial charge in [0.2, 0.25) is 0 Å². The number of anilines is 1. The lowest BCUT2D eigenvalue weighted by Gasteiger charge is -2.39. The van der Waals surface area contributed by atoms with Crippen LogP contribution in [0.2, 0.25) is 0 Å². The van der Waals surface area contributed by atoms with Gasteiger partial charge in [0.25, 0.3) is 10.0 Å². The number of rotatable bonds is 4. The Morgan fingerprint density at radius 2 is 2.00 bits per heavy atom. The van der Waals surface area contributed by atoms with Crippen molar-refractivity contribution in [3.63, 3.8) is 0 Å². The van der Waals surface area contributed by atoms with Crippen LogP contribution in [0.25, 0.3) is 0 Å². The monoisotopic (exact) mass is 505 g/mol. The van der Waals surface area contributed by atoms with Gasteiger partial charge < -0.3 is 9.84 Å². The van der Waals surface area contributed by atoms with E-state index in [1.165, 1.54) is 19.2 Å². The average Bonchev–Trinajstić information content (AvgIpc) is 2.60. The second-order valence-electron chi connectivity index (χ2n) is 6.27. The molecule has 0 radical (unpaired) electrons. The number of methoxy groups -OCH3 is 1. The first kappa shape index (κ1) is 19.9. The predicted molar refractivity (Wildman–Crippen MR) is 106 cm³/mol. The summed E-state index contributed by atoms with van der Waals surface area (Å²) >= 11 is 1.67. The van der Waals surface area contributed by atoms with Gasteiger partial charge in [0.05, 0.1) is 29.7 Å². The van der Waals surface area contributed by atoms with E-state index in [9.17, 15) is 22.7 Å². The summed E-state index contributed by atoms with van der Waals surface area (Å²) in [6.07, 6.45) is 0.372. The van der Waals surface area contributed by atoms with Crippen LogP contribution in [0.1, 0.15) is 12.5 Å². The fourth-order valence-corrected chi connectivity index (χ4v) is 5.73. The first-order valence-electron chi connectivity index (χ1n) is 8.06. The van der Waals surface area contributed by atoms with Gasteiger partial charge in [-0.1, -0.05) is 6.07 Å². The highest BCUT2D eigenvalue weighted by Gasteiger charge is 2.41. The number of benzene rings is 2. The molecule has 3 rings (SSSR count). The number of sulfonamides is 1. The zero-order valence-corrected chi connectivity index (χ0v) is 17.5. The van der Waals surface area contributed by atoms with Crippen molar-refractivity contribution in [2.24, 2.45) is 5.92 Å². The molecule has 0 bridgehead atoms. The lowest BCUT2D eigenvalue weighted by Crippen LogP contribution is -2.48. The maximum absolute atomic E-state index is 13.7. The average molecular weight is 505 g/mol. The first-order chi connectivity index (χ1) is 12.7. The molecule has 0 aromatic heterocycles. The number of hydrogen-bond acceptors (Lipinski definition) is 5. The highest BCUT2D eigenvalue weighted by Crippen LogP contribution is 2.41. The molecule has 1 aliphatic heterocycles. The van der Waals surface area contributed by atoms with E-state index in [0.717, 1.165) is 22.5 Å². The van der Waals surface area contributed by atoms with Crippen LogP contribution in [0.5, 0.6) is 11.5 Å². The van der Waals surface area contributed by atoms with Crippen molar-refractivity contribution >= 4 is 42.1 Å². The first-order valence-corrected chi connectivity index (χ1v) is 10.6. The summed E-state index contributed by atoms with van der Waals surface area (Å²) < 4.78 is 46.3. The molecule has 2 aromatic carbocycles. The molecule has 0 aliphatic carbocycles. The Balaban J connectivity index is 2.21. The van der Waals surface area contributed by atoms with Crippen LogP contribution in [-0.4, -0.2) is 30.5 Å². The number of hydrogen-bond donors (Lipinski definition) is 1. The van der Waals surface area contributed by atoms with E-state index in [1.807, 2.05) is 0 Å². The van der Waals surface area contributed by atoms with Gasteiger partial charge in [0.15, 0.2) is 15.4 Å². The van der Waals surface area contributed by atoms with Gasteiger partial charge in [-0.05, 0) is 59.7 Å². The topological polar surface area (TPSA) is 83.9 Å². The van der Waals surface area contributed by atoms with Crippen molar-refractivity contribution in [3.8, 4) is 11.5 Å². The van der Waals surface area contributed by atoms with Crippen molar-refractivity contribution in [2.75, 3.05) is 11.4 Å². The second kappa shape index (κ2) is 7.27. The molecule has 0 saturated carbocycles. The van der Waals surface area contributed by atoms with Gasteiger partial charge in [-0.15, -0.1) is 0 Å². The maximum atomic E-state index is 13.7. The van der Waals surface area contributed by atoms with Crippen LogP contribution in [-0.2, 0) is 21.2 Å². The Bertz CT molecular complexity index is 1010. The number of ether oxygens (including phenoxy) is 1. The molecule has 1 aliphatic rings. The lowest BCUT2D eigenvalue weighted by atomic mass is 9.89. The molecule has 0 fully saturated rings. The molecule has 0 spiro atoms. The standard InChI is InChI=1S/C18H17FINO5S/c1-10-14(18(20)23)7-11-3-4-12(22)8-16(11)21(10)27(24,25)13-5-6-15(19)17(9-13)26-2/h3-6,8-10,14,22H,7H2,1-2H3/t10-,14-/m1/s1. The smallest absolute Gasteiger partial charge is 0.264 e. The molecule has 6 nitrogen and oxygen atoms in total. The molecule has 27 heavy (non-hydrogen) atoms. The minimum absolute atomic E-state index is 0.0860. The normalized spacial score (nSPS) is 19.5. The third kappa shape index (κ3) is 3.49. The summed E-state index contributed by atoms with van der Waals surface area (Å²) in [4.78, 5) is 11.9. The Morgan fingerprint density at radius 1 is 1.30 bits per heavy atom. The third-order valence-corrected chi connectivity index (χ3v) is 7.37. The fourth-order valence-electron chi connectivity index (χ4n) is 3.25. The summed E-state index contributed by atoms with van der Waals surface area (Å²) in [6, 6.07) is 7.02. The van der Waals surface area contributed by atoms with E-state index in [4.69, 9.17) is 4.74 Å². The van der Waals surface area contributed by atoms with Crippen molar-refractivity contribution < 1.29 is 27.4 Å². The summed E-state index contributed by atoms with van der Waals surface area (Å²) in [5.41, 5.74) is 0.943. The maximum Gasteiger partial charge on any atom is 0.264 e. The van der Waals surface area contributed by atoms with Gasteiger partial charge in [0.1, 0.15) is 5.75 Å². The van der Waals surface area contributed by atoms with E-state index in [2.05, 4.69) is 0 Å². The molecule has 1 N–H and O–H groups in total. The molecule has 2 aromatic rings. The summed E-state index contributed by atoms with van der Waals surface area (Å²) in [6.45, 7) is 1.65. The van der Waals surface area contributed by atoms with Gasteiger partial charge in [-0.25, -0.2) is 12.8 Å². The van der Waals surface area contributed by atoms with Crippen molar-refractivity contribution in [2.45, 2.75) is 24.3 Å². The number of nitrogens with zero attached hydrogens (tertiary/aromatic N) is 1. The molecule has 0 saturated heterocycles. The van der Waals surface area contributed by atoms with Crippen LogP contribution < -0.4 is 9.04 Å². The highest BCUT2D eigenvalue weighted by atomic mass is 127. The number of aromatic hydroxyl groups is 1. The van der Waals surface area contributed by atoms with Crippen LogP contribution in [0.15, 0.2) is 41.3 Å². The van der Waals surface area contributed by atoms with E-state index < -0.39 is 27.8 Å². The van der Waals surface area contributed by atoms with E-state index in [0.29, 0.717) is 17.7 Å². The number of carbonyl (C=O) groups excluding carboxylic acids is 1. The van der Waals surface area contributed by atoms with E-state index in [1.54, 1.807) is 35.6 Å². The summed E-state index contributed by atoms with van der Waals surface area (Å²) in [7, 11) is -2.89. The number of carbonyl (C=O) groups is 1. The number of phenols is 1. The van der Waals surface area contributed by atoms with E-state index >= 15 is 0 Å². The molecule has 0 unspecified atom stereocenters. The molecular weight excluding hydrogens is 488 g/mol. The Labute approximate surface area is 170 Å². The second-order valence-corrected chi connectivity index (χ2v) is 9.14. The van der Waals surface area contributed by atoms with Crippen molar-refractivity contribution in [1.29, 1.82) is 0 Å². The molecule has 0 amide bonds. The largest absolute Gasteiger partial charge is 0.508 e. The van der Waals surface area contributed by atoms with Gasteiger partial charge in [0, 0.05) is 12.1 Å². The number of halogens is 2. The van der Waals surface area contributed by atoms with Gasteiger partial charge in [-0.3, -0.25) is 9.10 Å². The lowest BCUT2D eigenvalue weighted by molar-refractivity contribution is -0.113. The number of fused-ring (bicyclic) bond motifs is 1. The van der Waals surface area contributed by atoms with Crippen molar-refractivity contribution in [1.82, 2.24) is 0 Å². The Kier molecular flexibility index (Phi) is 5.35. The van der Waals surface area contributed by atoms with Crippen LogP contribution in [0.3, 0.4) is 0 Å². The minimum atomic E-state index is -4.14. The fraction of sp³-hybridized carbons (Fsp3) is 0.278. The summed E-state index contributed by atoms with van der Waals surface area (Å²) in [5, 5.41) is 9.86. The van der Waals surface area contributed by atoms with Crippen molar-refractivity contribution in [3.05, 3.63) is 47.8 Å². The molecule has 2 atom stereocenters. The van der Waals surface area contributed by atoms with Gasteiger partial charge >= 0.3 is 0 Å². The zero-order chi connectivity index (χ0) is 19.9. The summed E-state index contributed by atoms with van der Waals surface area (Å²) in [5.74, 6) is -1.50. The third-order valence-electron chi connectivity index (χ3n) is 4.67. The zero-order valence-electron chi connectivity index (χ0n) is 14.5. The Morgan fingerprint density at radius 3 is 2.63 bits per heavy atom. The molecule has 9 heteroatoms. The SMILES string of the molecule is COc1cc(S(=O)(=O)N2c3cc(O)ccc3C[C@@H](C(=O)I)[C@H]2C)ccc1F. The predicted octanol–water partition coefficient (Wildman–Crippen LogP) is 3.26. The molecular formula is C18H17FINO5S. The van der Waals surface area contributed by atoms with Crippen LogP contribution >= 0.6 is 22.6 Å². The van der Waals surface area contributed by atoms with Crippen LogP contribution in [0.4, 0.5) is 10.1 Å². The minimum Gasteiger partial charge on any atom is -0.508 e. The highest BCUT2D eigenvalue weighted by molar-refractivity contribution is 14.1. The van der Waals surface area contributed by atoms with Gasteiger partial charge in [-0.2, -0.15) is 0 Å². The van der Waals surface area contributed by atoms with E-state index in [-0.39, 0.29) is 20.2 Å². The quantitative estimate of drug-likeness (QED) is 0.510. The molecule has 144 valence electrons. The Hall–Kier alpha value is -1.88. The number of phenolic OH excluding ortho intramolecular Hbond substituents is 1. The van der Waals surface area contributed by atoms with Crippen LogP contribution in [0, 0.1) is 11.7 Å². The molecule has 1 heterocycles.